The van der Waals surface area contributed by atoms with E-state index >= 15 is 0 Å². The fourth-order valence-corrected chi connectivity index (χ4v) is 1.90. The first-order valence-electron chi connectivity index (χ1n) is 7.25. The van der Waals surface area contributed by atoms with Gasteiger partial charge < -0.3 is 20.9 Å². The molecule has 0 radical (unpaired) electrons. The summed E-state index contributed by atoms with van der Waals surface area (Å²) in [4.78, 5) is 21.5. The molecule has 0 aliphatic rings. The lowest BCUT2D eigenvalue weighted by atomic mass is 10.0. The van der Waals surface area contributed by atoms with Gasteiger partial charge in [0.25, 0.3) is 0 Å². The van der Waals surface area contributed by atoms with Crippen LogP contribution < -0.4 is 16.0 Å². The lowest BCUT2D eigenvalue weighted by Crippen LogP contribution is -2.37. The lowest BCUT2D eigenvalue weighted by molar-refractivity contribution is 0.218. The van der Waals surface area contributed by atoms with Gasteiger partial charge in [0.05, 0.1) is 0 Å². The molecule has 7 nitrogen and oxygen atoms in total. The number of nitrogens with one attached hydrogen (secondary N) is 3. The van der Waals surface area contributed by atoms with Crippen molar-refractivity contribution >= 4 is 17.7 Å². The summed E-state index contributed by atoms with van der Waals surface area (Å²) in [5.41, 5.74) is 1.07. The van der Waals surface area contributed by atoms with Crippen LogP contribution in [0.5, 0.6) is 0 Å². The normalized spacial score (nSPS) is 10.4. The summed E-state index contributed by atoms with van der Waals surface area (Å²) < 4.78 is 0. The zero-order chi connectivity index (χ0) is 15.8. The molecular formula is C14H26N6O. The van der Waals surface area contributed by atoms with Crippen LogP contribution in [0.2, 0.25) is 0 Å². The molecule has 0 saturated carbocycles. The first kappa shape index (κ1) is 17.0. The van der Waals surface area contributed by atoms with E-state index in [1.165, 1.54) is 4.90 Å². The van der Waals surface area contributed by atoms with Crippen LogP contribution >= 0.6 is 0 Å². The molecule has 2 amide bonds. The molecule has 0 aromatic carbocycles. The number of hydrogen-bond donors (Lipinski definition) is 3. The van der Waals surface area contributed by atoms with Gasteiger partial charge in [0, 0.05) is 39.3 Å². The molecule has 1 rings (SSSR count). The summed E-state index contributed by atoms with van der Waals surface area (Å²) in [6.07, 6.45) is 1.55. The van der Waals surface area contributed by atoms with Gasteiger partial charge >= 0.3 is 6.03 Å². The number of aromatic nitrogens is 2. The summed E-state index contributed by atoms with van der Waals surface area (Å²) in [5, 5.41) is 9.32. The average Bonchev–Trinajstić information content (AvgIpc) is 2.43. The third kappa shape index (κ3) is 5.09. The minimum atomic E-state index is -0.100. The largest absolute Gasteiger partial charge is 0.370 e. The summed E-state index contributed by atoms with van der Waals surface area (Å²) in [6.45, 7) is 8.22. The van der Waals surface area contributed by atoms with Crippen molar-refractivity contribution in [1.29, 1.82) is 0 Å². The lowest BCUT2D eigenvalue weighted by Gasteiger charge is -2.18. The number of anilines is 2. The predicted molar refractivity (Wildman–Crippen MR) is 85.9 cm³/mol. The minimum absolute atomic E-state index is 0.100. The molecular weight excluding hydrogens is 268 g/mol. The SMILES string of the molecule is CCNc1ncnc(NCCNC(=O)N(C)C)c1C(C)C. The number of hydrogen-bond acceptors (Lipinski definition) is 5. The van der Waals surface area contributed by atoms with Crippen molar-refractivity contribution in [3.05, 3.63) is 11.9 Å². The Hall–Kier alpha value is -2.05. The van der Waals surface area contributed by atoms with Crippen LogP contribution in [0.3, 0.4) is 0 Å². The number of urea groups is 1. The second-order valence-electron chi connectivity index (χ2n) is 5.22. The third-order valence-electron chi connectivity index (χ3n) is 2.91. The predicted octanol–water partition coefficient (Wildman–Crippen LogP) is 1.71. The summed E-state index contributed by atoms with van der Waals surface area (Å²) in [5.74, 6) is 1.98. The molecule has 118 valence electrons. The zero-order valence-corrected chi connectivity index (χ0v) is 13.5. The van der Waals surface area contributed by atoms with Gasteiger partial charge in [-0.25, -0.2) is 14.8 Å². The van der Waals surface area contributed by atoms with Crippen LogP contribution in [0, 0.1) is 0 Å². The van der Waals surface area contributed by atoms with Gasteiger partial charge in [-0.1, -0.05) is 13.8 Å². The van der Waals surface area contributed by atoms with Crippen LogP contribution in [0.25, 0.3) is 0 Å². The van der Waals surface area contributed by atoms with Gasteiger partial charge in [-0.2, -0.15) is 0 Å². The van der Waals surface area contributed by atoms with E-state index in [-0.39, 0.29) is 6.03 Å². The van der Waals surface area contributed by atoms with E-state index in [0.29, 0.717) is 19.0 Å². The Labute approximate surface area is 126 Å². The highest BCUT2D eigenvalue weighted by molar-refractivity contribution is 5.73. The van der Waals surface area contributed by atoms with E-state index in [9.17, 15) is 4.79 Å². The standard InChI is InChI=1S/C14H26N6O/c1-6-15-12-11(10(2)3)13(19-9-18-12)16-7-8-17-14(21)20(4)5/h9-10H,6-8H2,1-5H3,(H,17,21)(H2,15,16,18,19). The van der Waals surface area contributed by atoms with Gasteiger partial charge in [-0.05, 0) is 12.8 Å². The molecule has 7 heteroatoms. The van der Waals surface area contributed by atoms with Crippen molar-refractivity contribution in [3.63, 3.8) is 0 Å². The Morgan fingerprint density at radius 1 is 1.19 bits per heavy atom. The van der Waals surface area contributed by atoms with Gasteiger partial charge in [-0.15, -0.1) is 0 Å². The topological polar surface area (TPSA) is 82.2 Å². The molecule has 0 bridgehead atoms. The zero-order valence-electron chi connectivity index (χ0n) is 13.5. The van der Waals surface area contributed by atoms with E-state index in [1.54, 1.807) is 20.4 Å². The second-order valence-corrected chi connectivity index (χ2v) is 5.22. The van der Waals surface area contributed by atoms with Crippen molar-refractivity contribution in [2.24, 2.45) is 0 Å². The van der Waals surface area contributed by atoms with Crippen molar-refractivity contribution in [2.75, 3.05) is 44.4 Å². The smallest absolute Gasteiger partial charge is 0.316 e. The quantitative estimate of drug-likeness (QED) is 0.667. The fraction of sp³-hybridized carbons (Fsp3) is 0.643. The number of carbonyl (C=O) groups is 1. The van der Waals surface area contributed by atoms with Crippen LogP contribution in [0.15, 0.2) is 6.33 Å². The minimum Gasteiger partial charge on any atom is -0.370 e. The van der Waals surface area contributed by atoms with Gasteiger partial charge in [-0.3, -0.25) is 0 Å². The van der Waals surface area contributed by atoms with Crippen molar-refractivity contribution < 1.29 is 4.79 Å². The van der Waals surface area contributed by atoms with E-state index < -0.39 is 0 Å². The molecule has 0 aliphatic carbocycles. The summed E-state index contributed by atoms with van der Waals surface area (Å²) >= 11 is 0. The monoisotopic (exact) mass is 294 g/mol. The average molecular weight is 294 g/mol. The summed E-state index contributed by atoms with van der Waals surface area (Å²) in [6, 6.07) is -0.100. The first-order chi connectivity index (χ1) is 9.97. The molecule has 1 heterocycles. The highest BCUT2D eigenvalue weighted by atomic mass is 16.2. The van der Waals surface area contributed by atoms with Gasteiger partial charge in [0.15, 0.2) is 0 Å². The fourth-order valence-electron chi connectivity index (χ4n) is 1.90. The molecule has 0 aliphatic heterocycles. The molecule has 0 saturated heterocycles. The van der Waals surface area contributed by atoms with Gasteiger partial charge in [0.2, 0.25) is 0 Å². The highest BCUT2D eigenvalue weighted by Crippen LogP contribution is 2.27. The van der Waals surface area contributed by atoms with Crippen molar-refractivity contribution in [3.8, 4) is 0 Å². The molecule has 0 spiro atoms. The Balaban J connectivity index is 2.66. The van der Waals surface area contributed by atoms with E-state index in [4.69, 9.17) is 0 Å². The molecule has 3 N–H and O–H groups in total. The maximum Gasteiger partial charge on any atom is 0.316 e. The molecule has 0 fully saturated rings. The van der Waals surface area contributed by atoms with Crippen LogP contribution in [-0.2, 0) is 0 Å². The molecule has 0 unspecified atom stereocenters. The second kappa shape index (κ2) is 8.28. The Kier molecular flexibility index (Phi) is 6.71. The number of nitrogens with zero attached hydrogens (tertiary/aromatic N) is 3. The Morgan fingerprint density at radius 2 is 1.81 bits per heavy atom. The van der Waals surface area contributed by atoms with Crippen LogP contribution in [-0.4, -0.2) is 54.6 Å². The van der Waals surface area contributed by atoms with E-state index in [2.05, 4.69) is 39.8 Å². The maximum absolute atomic E-state index is 11.4. The maximum atomic E-state index is 11.4. The molecule has 21 heavy (non-hydrogen) atoms. The van der Waals surface area contributed by atoms with Crippen molar-refractivity contribution in [1.82, 2.24) is 20.2 Å². The Morgan fingerprint density at radius 3 is 2.33 bits per heavy atom. The first-order valence-corrected chi connectivity index (χ1v) is 7.25. The van der Waals surface area contributed by atoms with E-state index in [0.717, 1.165) is 23.7 Å². The summed E-state index contributed by atoms with van der Waals surface area (Å²) in [7, 11) is 3.43. The molecule has 1 aromatic rings. The Bertz CT molecular complexity index is 461. The van der Waals surface area contributed by atoms with Crippen LogP contribution in [0.1, 0.15) is 32.3 Å². The number of amides is 2. The molecule has 0 atom stereocenters. The van der Waals surface area contributed by atoms with Crippen LogP contribution in [0.4, 0.5) is 16.4 Å². The number of carbonyl (C=O) groups excluding carboxylic acids is 1. The van der Waals surface area contributed by atoms with Gasteiger partial charge in [0.1, 0.15) is 18.0 Å². The number of rotatable bonds is 7. The van der Waals surface area contributed by atoms with Crippen molar-refractivity contribution in [2.45, 2.75) is 26.7 Å². The third-order valence-corrected chi connectivity index (χ3v) is 2.91. The highest BCUT2D eigenvalue weighted by Gasteiger charge is 2.14. The van der Waals surface area contributed by atoms with E-state index in [1.807, 2.05) is 6.92 Å². The molecule has 1 aromatic heterocycles.